The van der Waals surface area contributed by atoms with E-state index in [2.05, 4.69) is 13.8 Å². The number of ether oxygens (including phenoxy) is 1. The third-order valence-electron chi connectivity index (χ3n) is 3.24. The number of nitrogens with two attached hydrogens (primary N) is 1. The second-order valence-electron chi connectivity index (χ2n) is 4.43. The molecule has 0 bridgehead atoms. The third kappa shape index (κ3) is 6.03. The van der Waals surface area contributed by atoms with Gasteiger partial charge >= 0.3 is 0 Å². The molecule has 0 aromatic carbocycles. The number of carbonyl (C=O) groups is 1. The molecule has 0 radical (unpaired) electrons. The summed E-state index contributed by atoms with van der Waals surface area (Å²) in [6.45, 7) is 7.40. The average Bonchev–Trinajstić information content (AvgIpc) is 2.35. The van der Waals surface area contributed by atoms with E-state index in [-0.39, 0.29) is 12.0 Å². The van der Waals surface area contributed by atoms with Gasteiger partial charge in [0.15, 0.2) is 0 Å². The Labute approximate surface area is 105 Å². The van der Waals surface area contributed by atoms with Crippen molar-refractivity contribution in [1.29, 1.82) is 0 Å². The first-order valence-corrected chi connectivity index (χ1v) is 6.62. The summed E-state index contributed by atoms with van der Waals surface area (Å²) in [7, 11) is 1.67. The maximum Gasteiger partial charge on any atom is 0.222 e. The molecule has 17 heavy (non-hydrogen) atoms. The smallest absolute Gasteiger partial charge is 0.222 e. The molecule has 0 saturated heterocycles. The van der Waals surface area contributed by atoms with Crippen molar-refractivity contribution in [2.75, 3.05) is 20.2 Å². The highest BCUT2D eigenvalue weighted by molar-refractivity contribution is 5.76. The van der Waals surface area contributed by atoms with Gasteiger partial charge in [0.25, 0.3) is 0 Å². The lowest BCUT2D eigenvalue weighted by molar-refractivity contribution is -0.134. The van der Waals surface area contributed by atoms with Gasteiger partial charge < -0.3 is 15.4 Å². The van der Waals surface area contributed by atoms with E-state index in [1.807, 2.05) is 11.8 Å². The number of rotatable bonds is 9. The van der Waals surface area contributed by atoms with Crippen LogP contribution in [-0.4, -0.2) is 43.2 Å². The Bertz CT molecular complexity index is 206. The zero-order valence-electron chi connectivity index (χ0n) is 11.7. The van der Waals surface area contributed by atoms with Crippen molar-refractivity contribution in [2.24, 2.45) is 5.73 Å². The first-order chi connectivity index (χ1) is 8.10. The molecule has 0 saturated carbocycles. The zero-order chi connectivity index (χ0) is 13.3. The maximum atomic E-state index is 12.1. The molecule has 0 fully saturated rings. The highest BCUT2D eigenvalue weighted by Gasteiger charge is 2.20. The lowest BCUT2D eigenvalue weighted by Gasteiger charge is -2.30. The Kier molecular flexibility index (Phi) is 9.09. The van der Waals surface area contributed by atoms with Crippen LogP contribution in [0.2, 0.25) is 0 Å². The van der Waals surface area contributed by atoms with E-state index < -0.39 is 0 Å². The van der Waals surface area contributed by atoms with Crippen LogP contribution in [0, 0.1) is 0 Å². The molecule has 0 aromatic rings. The number of carbonyl (C=O) groups excluding carboxylic acids is 1. The van der Waals surface area contributed by atoms with E-state index in [1.54, 1.807) is 7.11 Å². The second-order valence-corrected chi connectivity index (χ2v) is 4.43. The number of hydrogen-bond donors (Lipinski definition) is 1. The Morgan fingerprint density at radius 3 is 2.35 bits per heavy atom. The minimum Gasteiger partial charge on any atom is -0.382 e. The quantitative estimate of drug-likeness (QED) is 0.672. The molecule has 0 aromatic heterocycles. The molecule has 1 amide bonds. The standard InChI is InChI=1S/C13H28N2O2/c1-5-12(6-2)15(10-9-14)13(16)8-7-11(3)17-4/h11-12H,5-10,14H2,1-4H3. The minimum absolute atomic E-state index is 0.139. The van der Waals surface area contributed by atoms with Gasteiger partial charge in [-0.3, -0.25) is 4.79 Å². The maximum absolute atomic E-state index is 12.1. The first-order valence-electron chi connectivity index (χ1n) is 6.62. The largest absolute Gasteiger partial charge is 0.382 e. The van der Waals surface area contributed by atoms with Gasteiger partial charge in [0.05, 0.1) is 6.10 Å². The molecular formula is C13H28N2O2. The van der Waals surface area contributed by atoms with Gasteiger partial charge in [0.1, 0.15) is 0 Å². The van der Waals surface area contributed by atoms with E-state index in [0.29, 0.717) is 25.6 Å². The van der Waals surface area contributed by atoms with Crippen molar-refractivity contribution in [2.45, 2.75) is 58.6 Å². The molecule has 0 spiro atoms. The summed E-state index contributed by atoms with van der Waals surface area (Å²) in [6, 6.07) is 0.323. The molecule has 102 valence electrons. The topological polar surface area (TPSA) is 55.6 Å². The SMILES string of the molecule is CCC(CC)N(CCN)C(=O)CCC(C)OC. The van der Waals surface area contributed by atoms with Crippen LogP contribution < -0.4 is 5.73 Å². The monoisotopic (exact) mass is 244 g/mol. The van der Waals surface area contributed by atoms with E-state index >= 15 is 0 Å². The second kappa shape index (κ2) is 9.42. The van der Waals surface area contributed by atoms with E-state index in [9.17, 15) is 4.79 Å². The molecule has 2 N–H and O–H groups in total. The molecule has 0 rings (SSSR count). The minimum atomic E-state index is 0.139. The molecule has 0 heterocycles. The molecule has 0 aliphatic heterocycles. The lowest BCUT2D eigenvalue weighted by atomic mass is 10.1. The summed E-state index contributed by atoms with van der Waals surface area (Å²) in [5.74, 6) is 0.202. The molecule has 4 nitrogen and oxygen atoms in total. The average molecular weight is 244 g/mol. The Morgan fingerprint density at radius 2 is 1.94 bits per heavy atom. The van der Waals surface area contributed by atoms with Crippen LogP contribution in [0.5, 0.6) is 0 Å². The first kappa shape index (κ1) is 16.4. The van der Waals surface area contributed by atoms with Crippen LogP contribution in [0.1, 0.15) is 46.5 Å². The lowest BCUT2D eigenvalue weighted by Crippen LogP contribution is -2.42. The van der Waals surface area contributed by atoms with Crippen molar-refractivity contribution in [1.82, 2.24) is 4.90 Å². The fourth-order valence-electron chi connectivity index (χ4n) is 1.97. The molecule has 0 aliphatic carbocycles. The number of amides is 1. The summed E-state index contributed by atoms with van der Waals surface area (Å²) in [5, 5.41) is 0. The van der Waals surface area contributed by atoms with Gasteiger partial charge in [0.2, 0.25) is 5.91 Å². The Balaban J connectivity index is 4.32. The summed E-state index contributed by atoms with van der Waals surface area (Å²) in [6.07, 6.45) is 3.44. The van der Waals surface area contributed by atoms with Crippen LogP contribution >= 0.6 is 0 Å². The van der Waals surface area contributed by atoms with Crippen LogP contribution in [0.15, 0.2) is 0 Å². The van der Waals surface area contributed by atoms with Gasteiger partial charge in [0, 0.05) is 32.7 Å². The van der Waals surface area contributed by atoms with Crippen molar-refractivity contribution in [3.63, 3.8) is 0 Å². The third-order valence-corrected chi connectivity index (χ3v) is 3.24. The Morgan fingerprint density at radius 1 is 1.35 bits per heavy atom. The number of hydrogen-bond acceptors (Lipinski definition) is 3. The van der Waals surface area contributed by atoms with Crippen LogP contribution in [0.3, 0.4) is 0 Å². The highest BCUT2D eigenvalue weighted by Crippen LogP contribution is 2.12. The Hall–Kier alpha value is -0.610. The van der Waals surface area contributed by atoms with Crippen molar-refractivity contribution < 1.29 is 9.53 Å². The fraction of sp³-hybridized carbons (Fsp3) is 0.923. The number of nitrogens with zero attached hydrogens (tertiary/aromatic N) is 1. The van der Waals surface area contributed by atoms with Crippen molar-refractivity contribution >= 4 is 5.91 Å². The van der Waals surface area contributed by atoms with Gasteiger partial charge in [-0.05, 0) is 26.2 Å². The molecule has 1 unspecified atom stereocenters. The summed E-state index contributed by atoms with van der Waals surface area (Å²) in [4.78, 5) is 14.1. The fourth-order valence-corrected chi connectivity index (χ4v) is 1.97. The normalized spacial score (nSPS) is 12.8. The highest BCUT2D eigenvalue weighted by atomic mass is 16.5. The van der Waals surface area contributed by atoms with Crippen molar-refractivity contribution in [3.8, 4) is 0 Å². The molecular weight excluding hydrogens is 216 g/mol. The predicted molar refractivity (Wildman–Crippen MR) is 70.8 cm³/mol. The summed E-state index contributed by atoms with van der Waals surface area (Å²) in [5.41, 5.74) is 5.58. The van der Waals surface area contributed by atoms with Crippen molar-refractivity contribution in [3.05, 3.63) is 0 Å². The molecule has 1 atom stereocenters. The van der Waals surface area contributed by atoms with E-state index in [4.69, 9.17) is 10.5 Å². The van der Waals surface area contributed by atoms with Crippen LogP contribution in [0.25, 0.3) is 0 Å². The van der Waals surface area contributed by atoms with Crippen LogP contribution in [0.4, 0.5) is 0 Å². The summed E-state index contributed by atoms with van der Waals surface area (Å²) >= 11 is 0. The van der Waals surface area contributed by atoms with Gasteiger partial charge in [-0.25, -0.2) is 0 Å². The number of methoxy groups -OCH3 is 1. The summed E-state index contributed by atoms with van der Waals surface area (Å²) < 4.78 is 5.16. The zero-order valence-corrected chi connectivity index (χ0v) is 11.7. The van der Waals surface area contributed by atoms with E-state index in [0.717, 1.165) is 19.3 Å². The van der Waals surface area contributed by atoms with Crippen LogP contribution in [-0.2, 0) is 9.53 Å². The molecule has 4 heteroatoms. The molecule has 0 aliphatic rings. The van der Waals surface area contributed by atoms with Gasteiger partial charge in [-0.1, -0.05) is 13.8 Å². The van der Waals surface area contributed by atoms with Gasteiger partial charge in [-0.15, -0.1) is 0 Å². The van der Waals surface area contributed by atoms with Gasteiger partial charge in [-0.2, -0.15) is 0 Å². The predicted octanol–water partition coefficient (Wildman–Crippen LogP) is 1.78. The van der Waals surface area contributed by atoms with E-state index in [1.165, 1.54) is 0 Å².